The summed E-state index contributed by atoms with van der Waals surface area (Å²) in [6.07, 6.45) is 3.59. The smallest absolute Gasteiger partial charge is 0.316 e. The van der Waals surface area contributed by atoms with Crippen molar-refractivity contribution in [2.24, 2.45) is 5.92 Å². The van der Waals surface area contributed by atoms with Crippen LogP contribution in [0, 0.1) is 25.7 Å². The predicted octanol–water partition coefficient (Wildman–Crippen LogP) is 0.997. The minimum Gasteiger partial charge on any atom is -0.468 e. The zero-order valence-corrected chi connectivity index (χ0v) is 7.37. The van der Waals surface area contributed by atoms with E-state index in [1.165, 1.54) is 14.0 Å². The van der Waals surface area contributed by atoms with Crippen LogP contribution in [0.25, 0.3) is 0 Å². The molecule has 0 spiro atoms. The lowest BCUT2D eigenvalue weighted by molar-refractivity contribution is -0.148. The molecule has 0 aliphatic heterocycles. The van der Waals surface area contributed by atoms with E-state index in [0.717, 1.165) is 0 Å². The van der Waals surface area contributed by atoms with Crippen LogP contribution in [0.5, 0.6) is 0 Å². The maximum absolute atomic E-state index is 11.0. The molecule has 0 aromatic rings. The maximum Gasteiger partial charge on any atom is 0.316 e. The second-order valence-corrected chi connectivity index (χ2v) is 2.39. The Kier molecular flexibility index (Phi) is 5.34. The van der Waals surface area contributed by atoms with Crippen molar-refractivity contribution in [2.45, 2.75) is 13.3 Å². The van der Waals surface area contributed by atoms with Crippen LogP contribution in [-0.2, 0) is 14.3 Å². The number of ketones is 1. The van der Waals surface area contributed by atoms with E-state index in [2.05, 4.69) is 11.7 Å². The lowest BCUT2D eigenvalue weighted by Crippen LogP contribution is -2.23. The molecule has 0 saturated heterocycles. The van der Waals surface area contributed by atoms with Gasteiger partial charge in [-0.3, -0.25) is 9.59 Å². The Morgan fingerprint density at radius 2 is 2.17 bits per heavy atom. The highest BCUT2D eigenvalue weighted by atomic mass is 16.5. The molecule has 1 atom stereocenters. The van der Waals surface area contributed by atoms with Crippen LogP contribution < -0.4 is 0 Å². The quantitative estimate of drug-likeness (QED) is 0.455. The van der Waals surface area contributed by atoms with E-state index in [1.807, 2.05) is 0 Å². The molecule has 0 amide bonds. The number of carbonyl (C=O) groups is 2. The molecule has 3 heteroatoms. The molecule has 0 bridgehead atoms. The molecule has 3 radical (unpaired) electrons. The highest BCUT2D eigenvalue weighted by Gasteiger charge is 2.22. The molecule has 0 aromatic carbocycles. The van der Waals surface area contributed by atoms with Crippen molar-refractivity contribution in [3.8, 4) is 0 Å². The van der Waals surface area contributed by atoms with Gasteiger partial charge in [-0.15, -0.1) is 0 Å². The van der Waals surface area contributed by atoms with Gasteiger partial charge in [0.1, 0.15) is 11.7 Å². The van der Waals surface area contributed by atoms with Crippen molar-refractivity contribution in [1.29, 1.82) is 0 Å². The van der Waals surface area contributed by atoms with E-state index in [1.54, 1.807) is 12.8 Å². The largest absolute Gasteiger partial charge is 0.468 e. The highest BCUT2D eigenvalue weighted by molar-refractivity contribution is 5.97. The third-order valence-corrected chi connectivity index (χ3v) is 1.51. The van der Waals surface area contributed by atoms with E-state index in [4.69, 9.17) is 0 Å². The number of Topliss-reactive ketones (excluding diaryl/α,β-unsaturated/α-hetero) is 1. The summed E-state index contributed by atoms with van der Waals surface area (Å²) in [6, 6.07) is 0. The van der Waals surface area contributed by atoms with Gasteiger partial charge in [0.25, 0.3) is 0 Å². The number of hydrogen-bond donors (Lipinski definition) is 0. The Balaban J connectivity index is 4.04. The van der Waals surface area contributed by atoms with Crippen molar-refractivity contribution in [3.05, 3.63) is 19.8 Å². The van der Waals surface area contributed by atoms with Gasteiger partial charge in [-0.25, -0.2) is 0 Å². The Bertz CT molecular complexity index is 163. The first kappa shape index (κ1) is 11.1. The molecule has 0 aliphatic rings. The monoisotopic (exact) mass is 169 g/mol. The van der Waals surface area contributed by atoms with Crippen molar-refractivity contribution in [3.63, 3.8) is 0 Å². The summed E-state index contributed by atoms with van der Waals surface area (Å²) in [6.45, 7) is 4.83. The Labute approximate surface area is 73.1 Å². The van der Waals surface area contributed by atoms with Crippen molar-refractivity contribution in [2.75, 3.05) is 7.11 Å². The molecule has 1 unspecified atom stereocenters. The second kappa shape index (κ2) is 5.75. The van der Waals surface area contributed by atoms with Gasteiger partial charge in [0, 0.05) is 0 Å². The van der Waals surface area contributed by atoms with E-state index >= 15 is 0 Å². The topological polar surface area (TPSA) is 43.4 Å². The molecule has 0 heterocycles. The van der Waals surface area contributed by atoms with Crippen LogP contribution in [0.2, 0.25) is 0 Å². The number of hydrogen-bond acceptors (Lipinski definition) is 3. The second-order valence-electron chi connectivity index (χ2n) is 2.39. The molecule has 0 aliphatic carbocycles. The molecular formula is C9H13O3. The average Bonchev–Trinajstić information content (AvgIpc) is 2.04. The molecule has 67 valence electrons. The molecule has 12 heavy (non-hydrogen) atoms. The summed E-state index contributed by atoms with van der Waals surface area (Å²) < 4.78 is 4.46. The number of rotatable bonds is 5. The lowest BCUT2D eigenvalue weighted by atomic mass is 9.99. The van der Waals surface area contributed by atoms with Gasteiger partial charge in [-0.2, -0.15) is 0 Å². The predicted molar refractivity (Wildman–Crippen MR) is 44.8 cm³/mol. The first-order chi connectivity index (χ1) is 5.63. The molecule has 0 rings (SSSR count). The van der Waals surface area contributed by atoms with E-state index in [0.29, 0.717) is 6.42 Å². The minimum atomic E-state index is -0.673. The van der Waals surface area contributed by atoms with Crippen LogP contribution >= 0.6 is 0 Å². The standard InChI is InChI=1S/C9H13O3/c1-4-5-6-8(7(2)10)9(11)12-3/h4-5,8H,1,6H2,2-3H3. The summed E-state index contributed by atoms with van der Waals surface area (Å²) >= 11 is 0. The summed E-state index contributed by atoms with van der Waals surface area (Å²) in [7, 11) is 1.27. The molecule has 0 saturated carbocycles. The summed E-state index contributed by atoms with van der Waals surface area (Å²) in [5.74, 6) is -1.34. The molecule has 0 fully saturated rings. The third kappa shape index (κ3) is 3.51. The van der Waals surface area contributed by atoms with Crippen LogP contribution in [0.1, 0.15) is 13.3 Å². The van der Waals surface area contributed by atoms with Crippen LogP contribution in [0.3, 0.4) is 0 Å². The van der Waals surface area contributed by atoms with Crippen molar-refractivity contribution in [1.82, 2.24) is 0 Å². The van der Waals surface area contributed by atoms with Gasteiger partial charge in [0.2, 0.25) is 0 Å². The third-order valence-electron chi connectivity index (χ3n) is 1.51. The number of unbranched alkanes of at least 4 members (excludes halogenated alkanes) is 1. The summed E-state index contributed by atoms with van der Waals surface area (Å²) in [5, 5.41) is 0. The minimum absolute atomic E-state index is 0.181. The first-order valence-corrected chi connectivity index (χ1v) is 3.66. The van der Waals surface area contributed by atoms with Crippen LogP contribution in [-0.4, -0.2) is 18.9 Å². The summed E-state index contributed by atoms with van der Waals surface area (Å²) in [5.41, 5.74) is 0. The van der Waals surface area contributed by atoms with E-state index < -0.39 is 11.9 Å². The molecular weight excluding hydrogens is 156 g/mol. The first-order valence-electron chi connectivity index (χ1n) is 3.66. The fourth-order valence-corrected chi connectivity index (χ4v) is 0.803. The SMILES string of the molecule is [CH2][CH][CH]CC(C(C)=O)C(=O)OC. The van der Waals surface area contributed by atoms with Gasteiger partial charge in [-0.1, -0.05) is 0 Å². The van der Waals surface area contributed by atoms with Gasteiger partial charge >= 0.3 is 5.97 Å². The summed E-state index contributed by atoms with van der Waals surface area (Å²) in [4.78, 5) is 21.9. The zero-order chi connectivity index (χ0) is 9.56. The Morgan fingerprint density at radius 3 is 2.50 bits per heavy atom. The van der Waals surface area contributed by atoms with Gasteiger partial charge in [0.15, 0.2) is 0 Å². The molecule has 0 N–H and O–H groups in total. The molecule has 0 aromatic heterocycles. The Hall–Kier alpha value is -0.860. The van der Waals surface area contributed by atoms with Crippen molar-refractivity contribution >= 4 is 11.8 Å². The van der Waals surface area contributed by atoms with Gasteiger partial charge < -0.3 is 4.74 Å². The number of carbonyl (C=O) groups excluding carboxylic acids is 2. The van der Waals surface area contributed by atoms with Crippen LogP contribution in [0.4, 0.5) is 0 Å². The van der Waals surface area contributed by atoms with Gasteiger partial charge in [0.05, 0.1) is 7.11 Å². The Morgan fingerprint density at radius 1 is 1.58 bits per heavy atom. The number of esters is 1. The fraction of sp³-hybridized carbons (Fsp3) is 0.444. The normalized spacial score (nSPS) is 12.2. The number of ether oxygens (including phenoxy) is 1. The lowest BCUT2D eigenvalue weighted by Gasteiger charge is -2.09. The number of methoxy groups -OCH3 is 1. The zero-order valence-electron chi connectivity index (χ0n) is 7.37. The van der Waals surface area contributed by atoms with Gasteiger partial charge in [-0.05, 0) is 33.1 Å². The molecule has 3 nitrogen and oxygen atoms in total. The maximum atomic E-state index is 11.0. The average molecular weight is 169 g/mol. The fourth-order valence-electron chi connectivity index (χ4n) is 0.803. The van der Waals surface area contributed by atoms with Crippen LogP contribution in [0.15, 0.2) is 0 Å². The van der Waals surface area contributed by atoms with Crippen molar-refractivity contribution < 1.29 is 14.3 Å². The van der Waals surface area contributed by atoms with E-state index in [9.17, 15) is 9.59 Å². The van der Waals surface area contributed by atoms with E-state index in [-0.39, 0.29) is 5.78 Å². The highest BCUT2D eigenvalue weighted by Crippen LogP contribution is 2.09.